The Morgan fingerprint density at radius 3 is 2.18 bits per heavy atom. The number of benzene rings is 2. The molecule has 0 aliphatic carbocycles. The number of nitrogens with zero attached hydrogens (tertiary/aromatic N) is 2. The number of halogens is 2. The number of rotatable bonds is 8. The van der Waals surface area contributed by atoms with Crippen molar-refractivity contribution in [2.24, 2.45) is 0 Å². The molecule has 2 aromatic rings. The van der Waals surface area contributed by atoms with Crippen LogP contribution in [0.1, 0.15) is 25.0 Å². The van der Waals surface area contributed by atoms with Gasteiger partial charge in [-0.05, 0) is 31.8 Å². The van der Waals surface area contributed by atoms with E-state index in [0.717, 1.165) is 0 Å². The summed E-state index contributed by atoms with van der Waals surface area (Å²) in [6.07, 6.45) is 0. The molecule has 2 amide bonds. The van der Waals surface area contributed by atoms with Gasteiger partial charge in [0.1, 0.15) is 11.6 Å². The first-order valence-corrected chi connectivity index (χ1v) is 9.36. The van der Waals surface area contributed by atoms with Gasteiger partial charge in [-0.3, -0.25) is 0 Å². The van der Waals surface area contributed by atoms with Crippen molar-refractivity contribution in [3.05, 3.63) is 71.3 Å². The molecule has 152 valence electrons. The zero-order chi connectivity index (χ0) is 20.7. The van der Waals surface area contributed by atoms with Crippen LogP contribution in [-0.4, -0.2) is 49.6 Å². The summed E-state index contributed by atoms with van der Waals surface area (Å²) in [5.41, 5.74) is 0.431. The lowest BCUT2D eigenvalue weighted by Gasteiger charge is -2.29. The third kappa shape index (κ3) is 6.02. The van der Waals surface area contributed by atoms with Crippen LogP contribution in [-0.2, 0) is 12.0 Å². The minimum Gasteiger partial charge on any atom is -0.337 e. The summed E-state index contributed by atoms with van der Waals surface area (Å²) < 4.78 is 28.2. The highest BCUT2D eigenvalue weighted by molar-refractivity contribution is 5.74. The van der Waals surface area contributed by atoms with Crippen molar-refractivity contribution in [1.29, 1.82) is 0 Å². The fourth-order valence-corrected chi connectivity index (χ4v) is 2.92. The van der Waals surface area contributed by atoms with Crippen molar-refractivity contribution in [2.75, 3.05) is 33.7 Å². The van der Waals surface area contributed by atoms with Crippen molar-refractivity contribution in [3.8, 4) is 0 Å². The molecule has 0 fully saturated rings. The average Bonchev–Trinajstić information content (AvgIpc) is 2.64. The summed E-state index contributed by atoms with van der Waals surface area (Å²) in [5.74, 6) is -0.630. The largest absolute Gasteiger partial charge is 0.337 e. The van der Waals surface area contributed by atoms with E-state index in [-0.39, 0.29) is 30.8 Å². The van der Waals surface area contributed by atoms with Gasteiger partial charge in [0.05, 0.1) is 6.54 Å². The Kier molecular flexibility index (Phi) is 7.52. The predicted octanol–water partition coefficient (Wildman–Crippen LogP) is 4.02. The van der Waals surface area contributed by atoms with E-state index >= 15 is 0 Å². The topological polar surface area (TPSA) is 35.6 Å². The van der Waals surface area contributed by atoms with Crippen molar-refractivity contribution in [2.45, 2.75) is 25.8 Å². The van der Waals surface area contributed by atoms with E-state index in [2.05, 4.69) is 5.32 Å². The van der Waals surface area contributed by atoms with E-state index < -0.39 is 5.41 Å². The summed E-state index contributed by atoms with van der Waals surface area (Å²) in [5, 5.41) is 2.89. The van der Waals surface area contributed by atoms with Gasteiger partial charge in [-0.2, -0.15) is 0 Å². The first kappa shape index (κ1) is 21.8. The molecule has 0 aromatic heterocycles. The van der Waals surface area contributed by atoms with Crippen LogP contribution in [0.25, 0.3) is 0 Å². The van der Waals surface area contributed by atoms with E-state index in [1.54, 1.807) is 41.3 Å². The lowest BCUT2D eigenvalue weighted by atomic mass is 9.84. The van der Waals surface area contributed by atoms with Gasteiger partial charge in [0, 0.05) is 30.6 Å². The first-order valence-electron chi connectivity index (χ1n) is 9.36. The Hall–Kier alpha value is -2.47. The molecule has 2 aromatic carbocycles. The first-order chi connectivity index (χ1) is 13.2. The highest BCUT2D eigenvalue weighted by Crippen LogP contribution is 2.25. The maximum atomic E-state index is 14.1. The van der Waals surface area contributed by atoms with Crippen LogP contribution in [0.2, 0.25) is 0 Å². The normalized spacial score (nSPS) is 11.5. The van der Waals surface area contributed by atoms with E-state index in [9.17, 15) is 13.6 Å². The van der Waals surface area contributed by atoms with Crippen LogP contribution in [0.3, 0.4) is 0 Å². The summed E-state index contributed by atoms with van der Waals surface area (Å²) in [7, 11) is 3.83. The monoisotopic (exact) mass is 389 g/mol. The van der Waals surface area contributed by atoms with Crippen molar-refractivity contribution < 1.29 is 13.6 Å². The lowest BCUT2D eigenvalue weighted by Crippen LogP contribution is -2.46. The standard InChI is InChI=1S/C22H29F2N3O/c1-22(2,18-10-6-8-12-20(18)24)16-25-21(28)27(14-13-26(3)4)15-17-9-5-7-11-19(17)23/h5-12H,13-16H2,1-4H3,(H,25,28). The van der Waals surface area contributed by atoms with Crippen LogP contribution < -0.4 is 5.32 Å². The highest BCUT2D eigenvalue weighted by Gasteiger charge is 2.26. The molecule has 2 rings (SSSR count). The highest BCUT2D eigenvalue weighted by atomic mass is 19.1. The Labute approximate surface area is 166 Å². The van der Waals surface area contributed by atoms with E-state index in [1.807, 2.05) is 32.8 Å². The van der Waals surface area contributed by atoms with Crippen LogP contribution in [0.15, 0.2) is 48.5 Å². The fourth-order valence-electron chi connectivity index (χ4n) is 2.92. The van der Waals surface area contributed by atoms with Gasteiger partial charge < -0.3 is 15.1 Å². The van der Waals surface area contributed by atoms with Crippen molar-refractivity contribution in [3.63, 3.8) is 0 Å². The zero-order valence-corrected chi connectivity index (χ0v) is 17.0. The molecule has 0 saturated heterocycles. The van der Waals surface area contributed by atoms with E-state index in [0.29, 0.717) is 24.2 Å². The van der Waals surface area contributed by atoms with Gasteiger partial charge in [0.25, 0.3) is 0 Å². The van der Waals surface area contributed by atoms with Gasteiger partial charge in [-0.1, -0.05) is 50.2 Å². The zero-order valence-electron chi connectivity index (χ0n) is 17.0. The molecule has 0 aliphatic heterocycles. The molecule has 0 radical (unpaired) electrons. The number of carbonyl (C=O) groups excluding carboxylic acids is 1. The summed E-state index contributed by atoms with van der Waals surface area (Å²) in [6, 6.07) is 12.7. The Morgan fingerprint density at radius 1 is 0.964 bits per heavy atom. The van der Waals surface area contributed by atoms with E-state index in [4.69, 9.17) is 0 Å². The Balaban J connectivity index is 2.09. The predicted molar refractivity (Wildman–Crippen MR) is 108 cm³/mol. The van der Waals surface area contributed by atoms with Crippen LogP contribution in [0, 0.1) is 11.6 Å². The van der Waals surface area contributed by atoms with Crippen molar-refractivity contribution >= 4 is 6.03 Å². The summed E-state index contributed by atoms with van der Waals surface area (Å²) in [4.78, 5) is 16.4. The quantitative estimate of drug-likeness (QED) is 0.740. The molecule has 0 saturated carbocycles. The summed E-state index contributed by atoms with van der Waals surface area (Å²) >= 11 is 0. The van der Waals surface area contributed by atoms with Gasteiger partial charge >= 0.3 is 6.03 Å². The molecule has 1 N–H and O–H groups in total. The maximum absolute atomic E-state index is 14.1. The molecule has 0 bridgehead atoms. The van der Waals surface area contributed by atoms with Gasteiger partial charge in [0.2, 0.25) is 0 Å². The number of hydrogen-bond donors (Lipinski definition) is 1. The molecule has 0 spiro atoms. The molecule has 0 heterocycles. The van der Waals surface area contributed by atoms with Crippen LogP contribution in [0.4, 0.5) is 13.6 Å². The number of hydrogen-bond acceptors (Lipinski definition) is 2. The number of urea groups is 1. The SMILES string of the molecule is CN(C)CCN(Cc1ccccc1F)C(=O)NCC(C)(C)c1ccccc1F. The minimum absolute atomic E-state index is 0.173. The average molecular weight is 389 g/mol. The number of likely N-dealkylation sites (N-methyl/N-ethyl adjacent to an activating group) is 1. The minimum atomic E-state index is -0.577. The molecule has 0 aliphatic rings. The second-order valence-corrected chi connectivity index (χ2v) is 7.84. The molecule has 4 nitrogen and oxygen atoms in total. The molecule has 6 heteroatoms. The van der Waals surface area contributed by atoms with Crippen LogP contribution in [0.5, 0.6) is 0 Å². The molecule has 0 unspecified atom stereocenters. The second kappa shape index (κ2) is 9.64. The van der Waals surface area contributed by atoms with Gasteiger partial charge in [-0.15, -0.1) is 0 Å². The maximum Gasteiger partial charge on any atom is 0.317 e. The smallest absolute Gasteiger partial charge is 0.317 e. The molecule has 0 atom stereocenters. The third-order valence-corrected chi connectivity index (χ3v) is 4.71. The Bertz CT molecular complexity index is 793. The van der Waals surface area contributed by atoms with Gasteiger partial charge in [0.15, 0.2) is 0 Å². The van der Waals surface area contributed by atoms with Gasteiger partial charge in [-0.25, -0.2) is 13.6 Å². The number of nitrogens with one attached hydrogen (secondary N) is 1. The van der Waals surface area contributed by atoms with E-state index in [1.165, 1.54) is 12.1 Å². The lowest BCUT2D eigenvalue weighted by molar-refractivity contribution is 0.185. The fraction of sp³-hybridized carbons (Fsp3) is 0.409. The molecular formula is C22H29F2N3O. The molecule has 28 heavy (non-hydrogen) atoms. The number of carbonyl (C=O) groups is 1. The summed E-state index contributed by atoms with van der Waals surface area (Å²) in [6.45, 7) is 5.31. The number of amides is 2. The van der Waals surface area contributed by atoms with Crippen molar-refractivity contribution in [1.82, 2.24) is 15.1 Å². The molecular weight excluding hydrogens is 360 g/mol. The van der Waals surface area contributed by atoms with Crippen LogP contribution >= 0.6 is 0 Å². The second-order valence-electron chi connectivity index (χ2n) is 7.84. The Morgan fingerprint density at radius 2 is 1.57 bits per heavy atom. The third-order valence-electron chi connectivity index (χ3n) is 4.71.